The van der Waals surface area contributed by atoms with Crippen LogP contribution < -0.4 is 4.74 Å². The summed E-state index contributed by atoms with van der Waals surface area (Å²) in [4.78, 5) is 26.2. The maximum Gasteiger partial charge on any atom is 0.328 e. The number of hydrogen-bond donors (Lipinski definition) is 0. The van der Waals surface area contributed by atoms with Crippen LogP contribution in [-0.4, -0.2) is 49.7 Å². The zero-order valence-corrected chi connectivity index (χ0v) is 16.5. The van der Waals surface area contributed by atoms with E-state index in [-0.39, 0.29) is 24.2 Å². The van der Waals surface area contributed by atoms with Crippen molar-refractivity contribution in [3.63, 3.8) is 0 Å². The lowest BCUT2D eigenvalue weighted by molar-refractivity contribution is -0.150. The summed E-state index contributed by atoms with van der Waals surface area (Å²) in [5.41, 5.74) is 0.926. The lowest BCUT2D eigenvalue weighted by Crippen LogP contribution is -2.41. The Hall–Kier alpha value is -2.93. The Morgan fingerprint density at radius 2 is 1.86 bits per heavy atom. The van der Waals surface area contributed by atoms with Gasteiger partial charge in [-0.1, -0.05) is 12.1 Å². The van der Waals surface area contributed by atoms with E-state index < -0.39 is 12.0 Å². The number of esters is 1. The lowest BCUT2D eigenvalue weighted by atomic mass is 10.1. The fourth-order valence-corrected chi connectivity index (χ4v) is 3.40. The Bertz CT molecular complexity index is 855. The van der Waals surface area contributed by atoms with Crippen molar-refractivity contribution in [1.82, 2.24) is 4.90 Å². The van der Waals surface area contributed by atoms with Gasteiger partial charge >= 0.3 is 5.97 Å². The van der Waals surface area contributed by atoms with Crippen molar-refractivity contribution in [2.75, 3.05) is 20.8 Å². The molecule has 6 nitrogen and oxygen atoms in total. The van der Waals surface area contributed by atoms with Crippen molar-refractivity contribution in [3.05, 3.63) is 59.9 Å². The molecule has 2 atom stereocenters. The molecule has 1 saturated heterocycles. The maximum absolute atomic E-state index is 13.0. The number of halogens is 1. The number of carbonyl (C=O) groups is 2. The summed E-state index contributed by atoms with van der Waals surface area (Å²) in [6.45, 7) is 0.378. The molecule has 1 heterocycles. The van der Waals surface area contributed by atoms with Crippen molar-refractivity contribution >= 4 is 11.9 Å². The zero-order chi connectivity index (χ0) is 20.8. The fourth-order valence-electron chi connectivity index (χ4n) is 3.40. The molecule has 0 N–H and O–H groups in total. The predicted molar refractivity (Wildman–Crippen MR) is 104 cm³/mol. The van der Waals surface area contributed by atoms with Gasteiger partial charge in [0.1, 0.15) is 23.4 Å². The molecule has 2 aromatic rings. The molecule has 3 rings (SSSR count). The van der Waals surface area contributed by atoms with Gasteiger partial charge in [0.25, 0.3) is 0 Å². The smallest absolute Gasteiger partial charge is 0.328 e. The molecule has 0 unspecified atom stereocenters. The van der Waals surface area contributed by atoms with Crippen LogP contribution in [0.4, 0.5) is 4.39 Å². The van der Waals surface area contributed by atoms with Gasteiger partial charge in [0.05, 0.1) is 13.2 Å². The number of nitrogens with zero attached hydrogens (tertiary/aromatic N) is 1. The molecule has 7 heteroatoms. The molecule has 29 heavy (non-hydrogen) atoms. The van der Waals surface area contributed by atoms with Crippen LogP contribution in [-0.2, 0) is 25.5 Å². The molecule has 0 radical (unpaired) electrons. The van der Waals surface area contributed by atoms with Crippen LogP contribution in [0, 0.1) is 5.82 Å². The minimum absolute atomic E-state index is 0.121. The molecular weight excluding hydrogens is 377 g/mol. The maximum atomic E-state index is 13.0. The highest BCUT2D eigenvalue weighted by Gasteiger charge is 2.40. The molecule has 0 aromatic heterocycles. The summed E-state index contributed by atoms with van der Waals surface area (Å²) in [5.74, 6) is 0.266. The standard InChI is InChI=1S/C22H24FNO5/c1-27-19-13-20(22(26)28-2)24(14-19)21(25)11-6-15-4-3-5-18(12-15)29-17-9-7-16(23)8-10-17/h3-5,7-10,12,19-20H,6,11,13-14H2,1-2H3/t19-,20-/m1/s1. The van der Waals surface area contributed by atoms with Crippen LogP contribution in [0.15, 0.2) is 48.5 Å². The summed E-state index contributed by atoms with van der Waals surface area (Å²) >= 11 is 0. The van der Waals surface area contributed by atoms with Gasteiger partial charge in [-0.3, -0.25) is 4.79 Å². The van der Waals surface area contributed by atoms with E-state index in [4.69, 9.17) is 14.2 Å². The molecule has 0 bridgehead atoms. The van der Waals surface area contributed by atoms with Gasteiger partial charge in [0, 0.05) is 26.5 Å². The first-order chi connectivity index (χ1) is 14.0. The molecule has 154 valence electrons. The van der Waals surface area contributed by atoms with Crippen molar-refractivity contribution in [3.8, 4) is 11.5 Å². The highest BCUT2D eigenvalue weighted by molar-refractivity contribution is 5.85. The third-order valence-electron chi connectivity index (χ3n) is 4.96. The van der Waals surface area contributed by atoms with Gasteiger partial charge in [-0.25, -0.2) is 9.18 Å². The Kier molecular flexibility index (Phi) is 6.82. The van der Waals surface area contributed by atoms with Crippen LogP contribution in [0.3, 0.4) is 0 Å². The van der Waals surface area contributed by atoms with Gasteiger partial charge in [-0.05, 0) is 48.4 Å². The summed E-state index contributed by atoms with van der Waals surface area (Å²) in [6, 6.07) is 12.6. The largest absolute Gasteiger partial charge is 0.467 e. The van der Waals surface area contributed by atoms with Crippen LogP contribution in [0.5, 0.6) is 11.5 Å². The van der Waals surface area contributed by atoms with E-state index in [2.05, 4.69) is 0 Å². The molecule has 1 fully saturated rings. The number of amides is 1. The van der Waals surface area contributed by atoms with Crippen molar-refractivity contribution in [2.45, 2.75) is 31.4 Å². The number of ether oxygens (including phenoxy) is 3. The van der Waals surface area contributed by atoms with E-state index in [0.717, 1.165) is 5.56 Å². The summed E-state index contributed by atoms with van der Waals surface area (Å²) < 4.78 is 28.9. The van der Waals surface area contributed by atoms with Crippen LogP contribution in [0.1, 0.15) is 18.4 Å². The number of rotatable bonds is 7. The number of hydrogen-bond acceptors (Lipinski definition) is 5. The fraction of sp³-hybridized carbons (Fsp3) is 0.364. The highest BCUT2D eigenvalue weighted by atomic mass is 19.1. The third-order valence-corrected chi connectivity index (χ3v) is 4.96. The van der Waals surface area contributed by atoms with Crippen molar-refractivity contribution in [2.24, 2.45) is 0 Å². The van der Waals surface area contributed by atoms with Gasteiger partial charge in [0.15, 0.2) is 0 Å². The third kappa shape index (κ3) is 5.32. The van der Waals surface area contributed by atoms with E-state index in [1.54, 1.807) is 30.2 Å². The number of benzene rings is 2. The second-order valence-electron chi connectivity index (χ2n) is 6.88. The summed E-state index contributed by atoms with van der Waals surface area (Å²) in [7, 11) is 2.89. The van der Waals surface area contributed by atoms with Crippen molar-refractivity contribution < 1.29 is 28.2 Å². The average molecular weight is 401 g/mol. The van der Waals surface area contributed by atoms with Gasteiger partial charge in [-0.15, -0.1) is 0 Å². The minimum atomic E-state index is -0.606. The molecule has 0 spiro atoms. The summed E-state index contributed by atoms with van der Waals surface area (Å²) in [6.07, 6.45) is 1.02. The van der Waals surface area contributed by atoms with Crippen LogP contribution in [0.2, 0.25) is 0 Å². The number of methoxy groups -OCH3 is 2. The molecule has 0 aliphatic carbocycles. The second kappa shape index (κ2) is 9.52. The average Bonchev–Trinajstić information content (AvgIpc) is 3.18. The van der Waals surface area contributed by atoms with E-state index in [1.165, 1.54) is 19.2 Å². The first kappa shape index (κ1) is 20.8. The van der Waals surface area contributed by atoms with Crippen molar-refractivity contribution in [1.29, 1.82) is 0 Å². The van der Waals surface area contributed by atoms with E-state index in [0.29, 0.717) is 30.9 Å². The highest BCUT2D eigenvalue weighted by Crippen LogP contribution is 2.25. The molecule has 1 aliphatic rings. The molecular formula is C22H24FNO5. The molecule has 0 saturated carbocycles. The van der Waals surface area contributed by atoms with Crippen LogP contribution in [0.25, 0.3) is 0 Å². The van der Waals surface area contributed by atoms with Gasteiger partial charge < -0.3 is 19.1 Å². The Labute approximate surface area is 169 Å². The molecule has 2 aromatic carbocycles. The topological polar surface area (TPSA) is 65.1 Å². The number of likely N-dealkylation sites (tertiary alicyclic amines) is 1. The molecule has 1 aliphatic heterocycles. The Balaban J connectivity index is 1.61. The monoisotopic (exact) mass is 401 g/mol. The van der Waals surface area contributed by atoms with Gasteiger partial charge in [-0.2, -0.15) is 0 Å². The summed E-state index contributed by atoms with van der Waals surface area (Å²) in [5, 5.41) is 0. The van der Waals surface area contributed by atoms with Crippen LogP contribution >= 0.6 is 0 Å². The molecule has 1 amide bonds. The first-order valence-electron chi connectivity index (χ1n) is 9.42. The van der Waals surface area contributed by atoms with Gasteiger partial charge in [0.2, 0.25) is 5.91 Å². The normalized spacial score (nSPS) is 18.5. The minimum Gasteiger partial charge on any atom is -0.467 e. The first-order valence-corrected chi connectivity index (χ1v) is 9.42. The zero-order valence-electron chi connectivity index (χ0n) is 16.5. The Morgan fingerprint density at radius 3 is 2.55 bits per heavy atom. The number of aryl methyl sites for hydroxylation is 1. The quantitative estimate of drug-likeness (QED) is 0.666. The van der Waals surface area contributed by atoms with E-state index in [1.807, 2.05) is 18.2 Å². The van der Waals surface area contributed by atoms with E-state index in [9.17, 15) is 14.0 Å². The lowest BCUT2D eigenvalue weighted by Gasteiger charge is -2.22. The second-order valence-corrected chi connectivity index (χ2v) is 6.88. The predicted octanol–water partition coefficient (Wildman–Crippen LogP) is 3.34. The Morgan fingerprint density at radius 1 is 1.10 bits per heavy atom. The number of carbonyl (C=O) groups excluding carboxylic acids is 2. The SMILES string of the molecule is COC(=O)[C@H]1C[C@@H](OC)CN1C(=O)CCc1cccc(Oc2ccc(F)cc2)c1. The van der Waals surface area contributed by atoms with E-state index >= 15 is 0 Å².